The molecule has 1 rings (SSSR count). The zero-order valence-electron chi connectivity index (χ0n) is 11.2. The maximum Gasteiger partial charge on any atom is 0.0359 e. The smallest absolute Gasteiger partial charge is 0.0359 e. The highest BCUT2D eigenvalue weighted by molar-refractivity contribution is 5.46. The van der Waals surface area contributed by atoms with E-state index in [1.807, 2.05) is 18.2 Å². The van der Waals surface area contributed by atoms with E-state index in [-0.39, 0.29) is 0 Å². The first-order valence-corrected chi connectivity index (χ1v) is 6.39. The first kappa shape index (κ1) is 14.0. The lowest BCUT2D eigenvalue weighted by Gasteiger charge is -2.23. The van der Waals surface area contributed by atoms with Gasteiger partial charge in [-0.05, 0) is 32.0 Å². The van der Waals surface area contributed by atoms with Crippen molar-refractivity contribution in [2.75, 3.05) is 25.9 Å². The number of nitrogens with zero attached hydrogens (tertiary/aromatic N) is 1. The molecule has 0 aliphatic carbocycles. The molecule has 3 nitrogen and oxygen atoms in total. The van der Waals surface area contributed by atoms with E-state index in [9.17, 15) is 0 Å². The maximum atomic E-state index is 5.88. The third-order valence-corrected chi connectivity index (χ3v) is 3.36. The number of nitrogens with one attached hydrogen (secondary N) is 1. The fraction of sp³-hybridized carbons (Fsp3) is 0.571. The molecule has 96 valence electrons. The second-order valence-electron chi connectivity index (χ2n) is 4.61. The molecule has 0 aliphatic rings. The average molecular weight is 235 g/mol. The van der Waals surface area contributed by atoms with Crippen molar-refractivity contribution >= 4 is 5.69 Å². The van der Waals surface area contributed by atoms with Crippen LogP contribution in [-0.4, -0.2) is 31.1 Å². The van der Waals surface area contributed by atoms with Crippen LogP contribution in [0, 0.1) is 0 Å². The van der Waals surface area contributed by atoms with Crippen LogP contribution in [0.25, 0.3) is 0 Å². The molecule has 0 heterocycles. The monoisotopic (exact) mass is 235 g/mol. The molecule has 1 atom stereocenters. The quantitative estimate of drug-likeness (QED) is 0.561. The Balaban J connectivity index is 2.23. The van der Waals surface area contributed by atoms with Gasteiger partial charge in [-0.3, -0.25) is 0 Å². The molecule has 0 spiro atoms. The summed E-state index contributed by atoms with van der Waals surface area (Å²) in [6, 6.07) is 8.66. The van der Waals surface area contributed by atoms with Crippen LogP contribution in [0.1, 0.15) is 25.8 Å². The second-order valence-corrected chi connectivity index (χ2v) is 4.61. The van der Waals surface area contributed by atoms with E-state index in [0.29, 0.717) is 6.04 Å². The Kier molecular flexibility index (Phi) is 6.01. The molecule has 0 saturated heterocycles. The largest absolute Gasteiger partial charge is 0.398 e. The van der Waals surface area contributed by atoms with Crippen molar-refractivity contribution in [3.8, 4) is 0 Å². The molecule has 1 unspecified atom stereocenters. The lowest BCUT2D eigenvalue weighted by atomic mass is 10.2. The fourth-order valence-electron chi connectivity index (χ4n) is 1.71. The predicted octanol–water partition coefficient (Wildman–Crippen LogP) is 2.09. The minimum atomic E-state index is 0.651. The topological polar surface area (TPSA) is 41.3 Å². The Morgan fingerprint density at radius 3 is 2.71 bits per heavy atom. The maximum absolute atomic E-state index is 5.88. The Morgan fingerprint density at radius 2 is 2.06 bits per heavy atom. The van der Waals surface area contributed by atoms with Gasteiger partial charge >= 0.3 is 0 Å². The molecule has 0 radical (unpaired) electrons. The van der Waals surface area contributed by atoms with Crippen molar-refractivity contribution in [1.29, 1.82) is 0 Å². The summed E-state index contributed by atoms with van der Waals surface area (Å²) in [5.41, 5.74) is 7.93. The molecule has 17 heavy (non-hydrogen) atoms. The molecule has 1 aromatic carbocycles. The third-order valence-electron chi connectivity index (χ3n) is 3.36. The molecule has 0 saturated carbocycles. The summed E-state index contributed by atoms with van der Waals surface area (Å²) in [6.07, 6.45) is 1.20. The highest BCUT2D eigenvalue weighted by atomic mass is 15.1. The predicted molar refractivity (Wildman–Crippen MR) is 74.9 cm³/mol. The number of benzene rings is 1. The number of anilines is 1. The van der Waals surface area contributed by atoms with Gasteiger partial charge in [-0.1, -0.05) is 25.1 Å². The van der Waals surface area contributed by atoms with Gasteiger partial charge in [0.05, 0.1) is 0 Å². The molecule has 0 fully saturated rings. The van der Waals surface area contributed by atoms with Crippen LogP contribution in [0.5, 0.6) is 0 Å². The van der Waals surface area contributed by atoms with Crippen molar-refractivity contribution in [2.24, 2.45) is 0 Å². The van der Waals surface area contributed by atoms with Crippen molar-refractivity contribution in [2.45, 2.75) is 32.9 Å². The lowest BCUT2D eigenvalue weighted by molar-refractivity contribution is 0.252. The van der Waals surface area contributed by atoms with Gasteiger partial charge in [0.2, 0.25) is 0 Å². The fourth-order valence-corrected chi connectivity index (χ4v) is 1.71. The molecule has 0 aromatic heterocycles. The summed E-state index contributed by atoms with van der Waals surface area (Å²) in [5.74, 6) is 0. The third kappa shape index (κ3) is 4.75. The van der Waals surface area contributed by atoms with E-state index >= 15 is 0 Å². The highest BCUT2D eigenvalue weighted by Crippen LogP contribution is 2.09. The van der Waals surface area contributed by atoms with Crippen LogP contribution in [0.3, 0.4) is 0 Å². The molecule has 3 heteroatoms. The Bertz CT molecular complexity index is 325. The Hall–Kier alpha value is -1.06. The molecule has 0 bridgehead atoms. The van der Waals surface area contributed by atoms with Crippen LogP contribution in [0.4, 0.5) is 5.69 Å². The van der Waals surface area contributed by atoms with Gasteiger partial charge in [-0.25, -0.2) is 0 Å². The van der Waals surface area contributed by atoms with Gasteiger partial charge in [0, 0.05) is 31.4 Å². The van der Waals surface area contributed by atoms with Crippen molar-refractivity contribution in [3.05, 3.63) is 29.8 Å². The number of nitrogens with two attached hydrogens (primary N) is 1. The zero-order valence-corrected chi connectivity index (χ0v) is 11.2. The first-order chi connectivity index (χ1) is 8.15. The van der Waals surface area contributed by atoms with Gasteiger partial charge in [-0.2, -0.15) is 0 Å². The summed E-state index contributed by atoms with van der Waals surface area (Å²) in [4.78, 5) is 2.38. The number of hydrogen-bond acceptors (Lipinski definition) is 3. The van der Waals surface area contributed by atoms with E-state index in [0.717, 1.165) is 25.3 Å². The van der Waals surface area contributed by atoms with Gasteiger partial charge in [0.1, 0.15) is 0 Å². The Labute approximate surface area is 105 Å². The molecule has 0 amide bonds. The van der Waals surface area contributed by atoms with Crippen LogP contribution in [0.15, 0.2) is 24.3 Å². The number of para-hydroxylation sites is 1. The SMILES string of the molecule is CCC(C)N(C)CCNCc1ccccc1N. The minimum Gasteiger partial charge on any atom is -0.398 e. The van der Waals surface area contributed by atoms with Crippen molar-refractivity contribution in [3.63, 3.8) is 0 Å². The van der Waals surface area contributed by atoms with Gasteiger partial charge in [0.25, 0.3) is 0 Å². The first-order valence-electron chi connectivity index (χ1n) is 6.39. The van der Waals surface area contributed by atoms with E-state index in [1.54, 1.807) is 0 Å². The van der Waals surface area contributed by atoms with Gasteiger partial charge < -0.3 is 16.0 Å². The van der Waals surface area contributed by atoms with Crippen molar-refractivity contribution < 1.29 is 0 Å². The number of nitrogen functional groups attached to an aromatic ring is 1. The summed E-state index contributed by atoms with van der Waals surface area (Å²) >= 11 is 0. The summed E-state index contributed by atoms with van der Waals surface area (Å²) in [7, 11) is 2.17. The second kappa shape index (κ2) is 7.30. The average Bonchev–Trinajstić information content (AvgIpc) is 2.35. The normalized spacial score (nSPS) is 12.9. The van der Waals surface area contributed by atoms with E-state index in [2.05, 4.69) is 37.2 Å². The van der Waals surface area contributed by atoms with E-state index < -0.39 is 0 Å². The van der Waals surface area contributed by atoms with Crippen LogP contribution < -0.4 is 11.1 Å². The van der Waals surface area contributed by atoms with Crippen LogP contribution in [-0.2, 0) is 6.54 Å². The van der Waals surface area contributed by atoms with E-state index in [1.165, 1.54) is 12.0 Å². The summed E-state index contributed by atoms with van der Waals surface area (Å²) in [5, 5.41) is 3.43. The molecule has 0 aliphatic heterocycles. The number of rotatable bonds is 7. The van der Waals surface area contributed by atoms with E-state index in [4.69, 9.17) is 5.73 Å². The zero-order chi connectivity index (χ0) is 12.7. The number of hydrogen-bond donors (Lipinski definition) is 2. The summed E-state index contributed by atoms with van der Waals surface area (Å²) < 4.78 is 0. The minimum absolute atomic E-state index is 0.651. The molecule has 3 N–H and O–H groups in total. The number of likely N-dealkylation sites (N-methyl/N-ethyl adjacent to an activating group) is 1. The molecule has 1 aromatic rings. The molecular formula is C14H25N3. The van der Waals surface area contributed by atoms with Crippen molar-refractivity contribution in [1.82, 2.24) is 10.2 Å². The highest BCUT2D eigenvalue weighted by Gasteiger charge is 2.05. The summed E-state index contributed by atoms with van der Waals surface area (Å²) in [6.45, 7) is 7.40. The van der Waals surface area contributed by atoms with Crippen LogP contribution in [0.2, 0.25) is 0 Å². The van der Waals surface area contributed by atoms with Gasteiger partial charge in [0.15, 0.2) is 0 Å². The standard InChI is InChI=1S/C14H25N3/c1-4-12(2)17(3)10-9-16-11-13-7-5-6-8-14(13)15/h5-8,12,16H,4,9-11,15H2,1-3H3. The van der Waals surface area contributed by atoms with Gasteiger partial charge in [-0.15, -0.1) is 0 Å². The molecular weight excluding hydrogens is 210 g/mol. The van der Waals surface area contributed by atoms with Crippen LogP contribution >= 0.6 is 0 Å². The lowest BCUT2D eigenvalue weighted by Crippen LogP contribution is -2.34. The Morgan fingerprint density at radius 1 is 1.35 bits per heavy atom.